The van der Waals surface area contributed by atoms with Crippen molar-refractivity contribution in [2.24, 2.45) is 11.8 Å². The van der Waals surface area contributed by atoms with Gasteiger partial charge in [-0.1, -0.05) is 20.3 Å². The zero-order valence-corrected chi connectivity index (χ0v) is 14.9. The first-order valence-corrected chi connectivity index (χ1v) is 8.50. The van der Waals surface area contributed by atoms with Crippen molar-refractivity contribution in [1.29, 1.82) is 0 Å². The standard InChI is InChI=1S/C17H23BrNO3/c1-12(2)6-7-13-9-17(3,22-16(13)21)15(20)11-19-8-4-5-14(18)10-19/h4-5,8,10,12-13H,6-7,9,11H2,1-3H3/q+1/t13-,17+/m1/s1. The second-order valence-electron chi connectivity index (χ2n) is 6.64. The number of hydrogen-bond donors (Lipinski definition) is 0. The lowest BCUT2D eigenvalue weighted by Gasteiger charge is -2.19. The van der Waals surface area contributed by atoms with Gasteiger partial charge in [0.25, 0.3) is 0 Å². The minimum atomic E-state index is -0.992. The maximum absolute atomic E-state index is 12.6. The fraction of sp³-hybridized carbons (Fsp3) is 0.588. The van der Waals surface area contributed by atoms with Crippen LogP contribution in [0.4, 0.5) is 0 Å². The second-order valence-corrected chi connectivity index (χ2v) is 7.56. The average Bonchev–Trinajstić information content (AvgIpc) is 2.72. The van der Waals surface area contributed by atoms with E-state index in [0.717, 1.165) is 17.3 Å². The van der Waals surface area contributed by atoms with Crippen LogP contribution >= 0.6 is 15.9 Å². The number of halogens is 1. The number of ether oxygens (including phenoxy) is 1. The molecule has 1 aliphatic heterocycles. The van der Waals surface area contributed by atoms with Gasteiger partial charge in [0.15, 0.2) is 18.0 Å². The molecule has 0 amide bonds. The van der Waals surface area contributed by atoms with Crippen LogP contribution in [0.3, 0.4) is 0 Å². The van der Waals surface area contributed by atoms with Gasteiger partial charge in [-0.3, -0.25) is 9.59 Å². The molecule has 0 unspecified atom stereocenters. The van der Waals surface area contributed by atoms with Crippen LogP contribution in [-0.4, -0.2) is 17.4 Å². The number of esters is 1. The zero-order chi connectivity index (χ0) is 16.3. The van der Waals surface area contributed by atoms with E-state index in [-0.39, 0.29) is 24.2 Å². The molecule has 120 valence electrons. The molecule has 0 N–H and O–H groups in total. The molecule has 1 aromatic rings. The van der Waals surface area contributed by atoms with Crippen molar-refractivity contribution < 1.29 is 18.9 Å². The highest BCUT2D eigenvalue weighted by Gasteiger charge is 2.49. The molecule has 1 saturated heterocycles. The number of cyclic esters (lactones) is 1. The molecule has 2 atom stereocenters. The Balaban J connectivity index is 2.01. The summed E-state index contributed by atoms with van der Waals surface area (Å²) in [5.41, 5.74) is -0.992. The maximum atomic E-state index is 12.6. The van der Waals surface area contributed by atoms with E-state index in [1.165, 1.54) is 0 Å². The van der Waals surface area contributed by atoms with Crippen LogP contribution in [0.25, 0.3) is 0 Å². The molecule has 0 radical (unpaired) electrons. The largest absolute Gasteiger partial charge is 0.451 e. The first kappa shape index (κ1) is 17.1. The zero-order valence-electron chi connectivity index (χ0n) is 13.3. The maximum Gasteiger partial charge on any atom is 0.310 e. The molecular formula is C17H23BrNO3+. The molecule has 1 fully saturated rings. The molecular weight excluding hydrogens is 346 g/mol. The Morgan fingerprint density at radius 1 is 1.55 bits per heavy atom. The van der Waals surface area contributed by atoms with E-state index in [1.54, 1.807) is 11.5 Å². The predicted octanol–water partition coefficient (Wildman–Crippen LogP) is 3.06. The molecule has 0 aromatic carbocycles. The van der Waals surface area contributed by atoms with Crippen molar-refractivity contribution in [3.8, 4) is 0 Å². The third kappa shape index (κ3) is 4.15. The third-order valence-corrected chi connectivity index (χ3v) is 4.59. The first-order valence-electron chi connectivity index (χ1n) is 7.71. The highest BCUT2D eigenvalue weighted by Crippen LogP contribution is 2.35. The van der Waals surface area contributed by atoms with Crippen molar-refractivity contribution in [2.75, 3.05) is 0 Å². The van der Waals surface area contributed by atoms with Crippen molar-refractivity contribution in [1.82, 2.24) is 0 Å². The first-order chi connectivity index (χ1) is 10.3. The van der Waals surface area contributed by atoms with E-state index >= 15 is 0 Å². The molecule has 0 saturated carbocycles. The quantitative estimate of drug-likeness (QED) is 0.572. The molecule has 0 bridgehead atoms. The van der Waals surface area contributed by atoms with Gasteiger partial charge in [0.2, 0.25) is 12.3 Å². The van der Waals surface area contributed by atoms with E-state index in [2.05, 4.69) is 29.8 Å². The van der Waals surface area contributed by atoms with Gasteiger partial charge in [-0.2, -0.15) is 4.57 Å². The number of carbonyl (C=O) groups excluding carboxylic acids is 2. The summed E-state index contributed by atoms with van der Waals surface area (Å²) in [6.45, 7) is 6.21. The van der Waals surface area contributed by atoms with E-state index < -0.39 is 5.60 Å². The summed E-state index contributed by atoms with van der Waals surface area (Å²) < 4.78 is 8.15. The minimum absolute atomic E-state index is 0.0593. The topological polar surface area (TPSA) is 47.2 Å². The summed E-state index contributed by atoms with van der Waals surface area (Å²) in [6.07, 6.45) is 5.94. The number of rotatable bonds is 6. The number of aromatic nitrogens is 1. The van der Waals surface area contributed by atoms with E-state index in [0.29, 0.717) is 12.3 Å². The number of hydrogen-bond acceptors (Lipinski definition) is 3. The number of ketones is 1. The second kappa shape index (κ2) is 6.90. The Kier molecular flexibility index (Phi) is 5.37. The summed E-state index contributed by atoms with van der Waals surface area (Å²) >= 11 is 3.38. The van der Waals surface area contributed by atoms with Crippen LogP contribution in [0.2, 0.25) is 0 Å². The molecule has 5 heteroatoms. The Morgan fingerprint density at radius 3 is 2.91 bits per heavy atom. The van der Waals surface area contributed by atoms with Gasteiger partial charge in [-0.25, -0.2) is 0 Å². The van der Waals surface area contributed by atoms with Crippen molar-refractivity contribution in [2.45, 2.75) is 52.2 Å². The van der Waals surface area contributed by atoms with Gasteiger partial charge >= 0.3 is 5.97 Å². The van der Waals surface area contributed by atoms with Gasteiger partial charge in [0.1, 0.15) is 0 Å². The Morgan fingerprint density at radius 2 is 2.27 bits per heavy atom. The lowest BCUT2D eigenvalue weighted by molar-refractivity contribution is -0.685. The van der Waals surface area contributed by atoms with Crippen LogP contribution in [0.15, 0.2) is 29.0 Å². The third-order valence-electron chi connectivity index (χ3n) is 4.13. The lowest BCUT2D eigenvalue weighted by atomic mass is 9.88. The summed E-state index contributed by atoms with van der Waals surface area (Å²) in [6, 6.07) is 3.77. The van der Waals surface area contributed by atoms with Crippen LogP contribution in [0, 0.1) is 11.8 Å². The lowest BCUT2D eigenvalue weighted by Crippen LogP contribution is -2.46. The molecule has 0 spiro atoms. The molecule has 1 aliphatic rings. The predicted molar refractivity (Wildman–Crippen MR) is 86.0 cm³/mol. The number of nitrogens with zero attached hydrogens (tertiary/aromatic N) is 1. The van der Waals surface area contributed by atoms with Crippen molar-refractivity contribution in [3.05, 3.63) is 29.0 Å². The fourth-order valence-corrected chi connectivity index (χ4v) is 3.16. The Bertz CT molecular complexity index is 573. The molecule has 2 rings (SSSR count). The van der Waals surface area contributed by atoms with E-state index in [1.807, 2.05) is 24.5 Å². The SMILES string of the molecule is CC(C)CC[C@@H]1C[C@@](C)(C(=O)C[n+]2cccc(Br)c2)OC1=O. The van der Waals surface area contributed by atoms with Gasteiger partial charge in [-0.05, 0) is 41.3 Å². The normalized spacial score (nSPS) is 24.6. The van der Waals surface area contributed by atoms with Gasteiger partial charge in [-0.15, -0.1) is 0 Å². The van der Waals surface area contributed by atoms with Crippen LogP contribution in [0.5, 0.6) is 0 Å². The highest BCUT2D eigenvalue weighted by atomic mass is 79.9. The average molecular weight is 369 g/mol. The van der Waals surface area contributed by atoms with E-state index in [9.17, 15) is 9.59 Å². The summed E-state index contributed by atoms with van der Waals surface area (Å²) in [5.74, 6) is 0.114. The van der Waals surface area contributed by atoms with Crippen molar-refractivity contribution in [3.63, 3.8) is 0 Å². The van der Waals surface area contributed by atoms with Gasteiger partial charge in [0.05, 0.1) is 10.4 Å². The molecule has 1 aromatic heterocycles. The van der Waals surface area contributed by atoms with Crippen LogP contribution in [-0.2, 0) is 20.9 Å². The van der Waals surface area contributed by atoms with E-state index in [4.69, 9.17) is 4.74 Å². The minimum Gasteiger partial charge on any atom is -0.451 e. The molecule has 4 nitrogen and oxygen atoms in total. The highest BCUT2D eigenvalue weighted by molar-refractivity contribution is 9.10. The number of pyridine rings is 1. The number of Topliss-reactive ketones (excluding diaryl/α,β-unsaturated/α-hetero) is 1. The summed E-state index contributed by atoms with van der Waals surface area (Å²) in [4.78, 5) is 24.6. The summed E-state index contributed by atoms with van der Waals surface area (Å²) in [7, 11) is 0. The molecule has 22 heavy (non-hydrogen) atoms. The Hall–Kier alpha value is -1.23. The number of carbonyl (C=O) groups is 2. The van der Waals surface area contributed by atoms with Crippen LogP contribution in [0.1, 0.15) is 40.0 Å². The fourth-order valence-electron chi connectivity index (χ4n) is 2.75. The van der Waals surface area contributed by atoms with Crippen molar-refractivity contribution >= 4 is 27.7 Å². The van der Waals surface area contributed by atoms with Gasteiger partial charge < -0.3 is 4.74 Å². The smallest absolute Gasteiger partial charge is 0.310 e. The Labute approximate surface area is 140 Å². The molecule has 2 heterocycles. The van der Waals surface area contributed by atoms with Gasteiger partial charge in [0, 0.05) is 12.5 Å². The van der Waals surface area contributed by atoms with Crippen LogP contribution < -0.4 is 4.57 Å². The summed E-state index contributed by atoms with van der Waals surface area (Å²) in [5, 5.41) is 0. The molecule has 0 aliphatic carbocycles. The monoisotopic (exact) mass is 368 g/mol.